The Morgan fingerprint density at radius 3 is 2.42 bits per heavy atom. The molecule has 1 aliphatic heterocycles. The molecule has 1 saturated heterocycles. The van der Waals surface area contributed by atoms with Gasteiger partial charge < -0.3 is 5.11 Å². The van der Waals surface area contributed by atoms with Crippen LogP contribution in [-0.4, -0.2) is 29.3 Å². The molecule has 0 saturated carbocycles. The van der Waals surface area contributed by atoms with E-state index in [1.54, 1.807) is 18.2 Å². The van der Waals surface area contributed by atoms with E-state index in [4.69, 9.17) is 0 Å². The Labute approximate surface area is 118 Å². The third kappa shape index (κ3) is 3.86. The van der Waals surface area contributed by atoms with Crippen molar-refractivity contribution in [1.82, 2.24) is 4.90 Å². The molecular formula is C13H15BrF3NO. The van der Waals surface area contributed by atoms with Crippen molar-refractivity contribution < 1.29 is 18.3 Å². The van der Waals surface area contributed by atoms with Crippen molar-refractivity contribution in [1.29, 1.82) is 0 Å². The molecule has 2 rings (SSSR count). The SMILES string of the molecule is Oc1ccc(CN2CCC(C(F)(F)F)CC2)cc1Br. The summed E-state index contributed by atoms with van der Waals surface area (Å²) in [6.07, 6.45) is -3.72. The number of piperidine rings is 1. The number of phenolic OH excluding ortho intramolecular Hbond substituents is 1. The van der Waals surface area contributed by atoms with Crippen molar-refractivity contribution in [3.63, 3.8) is 0 Å². The van der Waals surface area contributed by atoms with Gasteiger partial charge in [0.1, 0.15) is 5.75 Å². The van der Waals surface area contributed by atoms with Crippen molar-refractivity contribution in [3.05, 3.63) is 28.2 Å². The van der Waals surface area contributed by atoms with Gasteiger partial charge in [-0.2, -0.15) is 13.2 Å². The van der Waals surface area contributed by atoms with Crippen molar-refractivity contribution in [2.24, 2.45) is 5.92 Å². The van der Waals surface area contributed by atoms with Crippen molar-refractivity contribution in [2.75, 3.05) is 13.1 Å². The lowest BCUT2D eigenvalue weighted by atomic mass is 9.96. The number of halogens is 4. The van der Waals surface area contributed by atoms with Crippen LogP contribution in [0, 0.1) is 5.92 Å². The van der Waals surface area contributed by atoms with Crippen LogP contribution in [0.5, 0.6) is 5.75 Å². The lowest BCUT2D eigenvalue weighted by Crippen LogP contribution is -2.38. The molecule has 0 amide bonds. The van der Waals surface area contributed by atoms with Gasteiger partial charge in [-0.3, -0.25) is 4.90 Å². The summed E-state index contributed by atoms with van der Waals surface area (Å²) in [7, 11) is 0. The standard InChI is InChI=1S/C13H15BrF3NO/c14-11-7-9(1-2-12(11)19)8-18-5-3-10(4-6-18)13(15,16)17/h1-2,7,10,19H,3-6,8H2. The first kappa shape index (κ1) is 14.7. The Morgan fingerprint density at radius 1 is 1.26 bits per heavy atom. The molecule has 2 nitrogen and oxygen atoms in total. The summed E-state index contributed by atoms with van der Waals surface area (Å²) in [4.78, 5) is 2.01. The van der Waals surface area contributed by atoms with E-state index in [-0.39, 0.29) is 18.6 Å². The van der Waals surface area contributed by atoms with Gasteiger partial charge in [0.2, 0.25) is 0 Å². The van der Waals surface area contributed by atoms with Gasteiger partial charge >= 0.3 is 6.18 Å². The molecule has 0 spiro atoms. The predicted octanol–water partition coefficient (Wildman–Crippen LogP) is 3.93. The number of phenols is 1. The molecule has 0 atom stereocenters. The summed E-state index contributed by atoms with van der Waals surface area (Å²) in [5, 5.41) is 9.39. The molecular weight excluding hydrogens is 323 g/mol. The predicted molar refractivity (Wildman–Crippen MR) is 69.9 cm³/mol. The van der Waals surface area contributed by atoms with E-state index in [9.17, 15) is 18.3 Å². The second-order valence-corrected chi connectivity index (χ2v) is 5.73. The van der Waals surface area contributed by atoms with Crippen LogP contribution in [0.25, 0.3) is 0 Å². The molecule has 1 N–H and O–H groups in total. The van der Waals surface area contributed by atoms with Gasteiger partial charge in [-0.25, -0.2) is 0 Å². The molecule has 1 fully saturated rings. The molecule has 0 aliphatic carbocycles. The zero-order valence-electron chi connectivity index (χ0n) is 10.3. The Kier molecular flexibility index (Phi) is 4.40. The molecule has 106 valence electrons. The minimum absolute atomic E-state index is 0.166. The summed E-state index contributed by atoms with van der Waals surface area (Å²) in [5.74, 6) is -0.991. The third-order valence-electron chi connectivity index (χ3n) is 3.47. The number of alkyl halides is 3. The summed E-state index contributed by atoms with van der Waals surface area (Å²) in [6.45, 7) is 1.54. The quantitative estimate of drug-likeness (QED) is 0.883. The number of nitrogens with zero attached hydrogens (tertiary/aromatic N) is 1. The lowest BCUT2D eigenvalue weighted by molar-refractivity contribution is -0.185. The van der Waals surface area contributed by atoms with Crippen LogP contribution in [0.1, 0.15) is 18.4 Å². The van der Waals surface area contributed by atoms with Crippen molar-refractivity contribution >= 4 is 15.9 Å². The first-order valence-electron chi connectivity index (χ1n) is 6.12. The van der Waals surface area contributed by atoms with Crippen LogP contribution in [-0.2, 0) is 6.54 Å². The molecule has 1 aromatic carbocycles. The van der Waals surface area contributed by atoms with Crippen LogP contribution in [0.3, 0.4) is 0 Å². The highest BCUT2D eigenvalue weighted by molar-refractivity contribution is 9.10. The van der Waals surface area contributed by atoms with E-state index in [1.165, 1.54) is 0 Å². The summed E-state index contributed by atoms with van der Waals surface area (Å²) < 4.78 is 38.2. The van der Waals surface area contributed by atoms with Crippen LogP contribution in [0.4, 0.5) is 13.2 Å². The van der Waals surface area contributed by atoms with Crippen molar-refractivity contribution in [2.45, 2.75) is 25.6 Å². The summed E-state index contributed by atoms with van der Waals surface area (Å²) in [5.41, 5.74) is 0.982. The van der Waals surface area contributed by atoms with Gasteiger partial charge in [-0.1, -0.05) is 6.07 Å². The maximum atomic E-state index is 12.5. The first-order chi connectivity index (χ1) is 8.86. The Balaban J connectivity index is 1.90. The fourth-order valence-corrected chi connectivity index (χ4v) is 2.75. The zero-order chi connectivity index (χ0) is 14.0. The molecule has 19 heavy (non-hydrogen) atoms. The van der Waals surface area contributed by atoms with E-state index < -0.39 is 12.1 Å². The highest BCUT2D eigenvalue weighted by atomic mass is 79.9. The van der Waals surface area contributed by atoms with Gasteiger partial charge in [0.25, 0.3) is 0 Å². The largest absolute Gasteiger partial charge is 0.507 e. The molecule has 0 unspecified atom stereocenters. The maximum absolute atomic E-state index is 12.5. The second kappa shape index (κ2) is 5.71. The monoisotopic (exact) mass is 337 g/mol. The van der Waals surface area contributed by atoms with Crippen LogP contribution < -0.4 is 0 Å². The van der Waals surface area contributed by atoms with E-state index in [1.807, 2.05) is 4.90 Å². The average molecular weight is 338 g/mol. The van der Waals surface area contributed by atoms with Gasteiger partial charge in [0, 0.05) is 6.54 Å². The number of hydrogen-bond acceptors (Lipinski definition) is 2. The normalized spacial score (nSPS) is 18.7. The van der Waals surface area contributed by atoms with E-state index in [0.29, 0.717) is 24.1 Å². The third-order valence-corrected chi connectivity index (χ3v) is 4.10. The Morgan fingerprint density at radius 2 is 1.89 bits per heavy atom. The molecule has 1 aromatic rings. The van der Waals surface area contributed by atoms with Crippen LogP contribution >= 0.6 is 15.9 Å². The fourth-order valence-electron chi connectivity index (χ4n) is 2.33. The van der Waals surface area contributed by atoms with Gasteiger partial charge in [0.15, 0.2) is 0 Å². The number of benzene rings is 1. The number of aromatic hydroxyl groups is 1. The van der Waals surface area contributed by atoms with E-state index >= 15 is 0 Å². The van der Waals surface area contributed by atoms with Gasteiger partial charge in [0.05, 0.1) is 10.4 Å². The molecule has 0 bridgehead atoms. The van der Waals surface area contributed by atoms with E-state index in [0.717, 1.165) is 5.56 Å². The molecule has 1 aliphatic rings. The highest BCUT2D eigenvalue weighted by Gasteiger charge is 2.40. The van der Waals surface area contributed by atoms with Crippen molar-refractivity contribution in [3.8, 4) is 5.75 Å². The number of rotatable bonds is 2. The minimum atomic E-state index is -4.06. The van der Waals surface area contributed by atoms with E-state index in [2.05, 4.69) is 15.9 Å². The average Bonchev–Trinajstić information content (AvgIpc) is 2.33. The second-order valence-electron chi connectivity index (χ2n) is 4.88. The lowest BCUT2D eigenvalue weighted by Gasteiger charge is -2.32. The number of hydrogen-bond donors (Lipinski definition) is 1. The maximum Gasteiger partial charge on any atom is 0.391 e. The number of likely N-dealkylation sites (tertiary alicyclic amines) is 1. The molecule has 1 heterocycles. The summed E-state index contributed by atoms with van der Waals surface area (Å²) in [6, 6.07) is 5.17. The van der Waals surface area contributed by atoms with Gasteiger partial charge in [-0.15, -0.1) is 0 Å². The first-order valence-corrected chi connectivity index (χ1v) is 6.92. The highest BCUT2D eigenvalue weighted by Crippen LogP contribution is 2.34. The Hall–Kier alpha value is -0.750. The minimum Gasteiger partial charge on any atom is -0.507 e. The topological polar surface area (TPSA) is 23.5 Å². The van der Waals surface area contributed by atoms with Crippen LogP contribution in [0.15, 0.2) is 22.7 Å². The molecule has 0 aromatic heterocycles. The zero-order valence-corrected chi connectivity index (χ0v) is 11.8. The van der Waals surface area contributed by atoms with Gasteiger partial charge in [-0.05, 0) is 59.6 Å². The summed E-state index contributed by atoms with van der Waals surface area (Å²) >= 11 is 3.23. The fraction of sp³-hybridized carbons (Fsp3) is 0.538. The Bertz CT molecular complexity index is 442. The smallest absolute Gasteiger partial charge is 0.391 e. The van der Waals surface area contributed by atoms with Crippen LogP contribution in [0.2, 0.25) is 0 Å². The molecule has 6 heteroatoms. The molecule has 0 radical (unpaired) electrons.